The van der Waals surface area contributed by atoms with Gasteiger partial charge in [-0.2, -0.15) is 0 Å². The molecular formula is C19H28O3. The van der Waals surface area contributed by atoms with Crippen LogP contribution in [0.5, 0.6) is 0 Å². The summed E-state index contributed by atoms with van der Waals surface area (Å²) in [7, 11) is 0. The van der Waals surface area contributed by atoms with Gasteiger partial charge in [-0.15, -0.1) is 0 Å². The van der Waals surface area contributed by atoms with Crippen molar-refractivity contribution in [2.75, 3.05) is 0 Å². The number of rotatable bonds is 0. The lowest BCUT2D eigenvalue weighted by Gasteiger charge is -2.58. The Morgan fingerprint density at radius 1 is 1.14 bits per heavy atom. The number of ketones is 1. The molecule has 122 valence electrons. The molecule has 0 aromatic heterocycles. The second-order valence-electron chi connectivity index (χ2n) is 8.90. The van der Waals surface area contributed by atoms with Gasteiger partial charge in [0, 0.05) is 6.42 Å². The van der Waals surface area contributed by atoms with Gasteiger partial charge in [0.05, 0.1) is 12.2 Å². The van der Waals surface area contributed by atoms with Crippen molar-refractivity contribution in [2.45, 2.75) is 71.0 Å². The van der Waals surface area contributed by atoms with E-state index in [1.54, 1.807) is 6.08 Å². The molecule has 7 atom stereocenters. The predicted octanol–water partition coefficient (Wildman–Crippen LogP) is 2.85. The first-order valence-electron chi connectivity index (χ1n) is 8.94. The van der Waals surface area contributed by atoms with Crippen molar-refractivity contribution in [2.24, 2.45) is 28.6 Å². The minimum Gasteiger partial charge on any atom is -0.393 e. The van der Waals surface area contributed by atoms with Crippen LogP contribution >= 0.6 is 0 Å². The minimum atomic E-state index is -0.462. The zero-order valence-electron chi connectivity index (χ0n) is 13.7. The van der Waals surface area contributed by atoms with Crippen molar-refractivity contribution in [3.63, 3.8) is 0 Å². The number of hydrogen-bond acceptors (Lipinski definition) is 3. The number of carbonyl (C=O) groups excluding carboxylic acids is 1. The molecule has 0 radical (unpaired) electrons. The van der Waals surface area contributed by atoms with Crippen LogP contribution in [0, 0.1) is 28.6 Å². The minimum absolute atomic E-state index is 0.00881. The van der Waals surface area contributed by atoms with Gasteiger partial charge >= 0.3 is 0 Å². The Hall–Kier alpha value is -0.670. The third-order valence-electron chi connectivity index (χ3n) is 7.72. The van der Waals surface area contributed by atoms with Crippen LogP contribution in [0.15, 0.2) is 11.6 Å². The van der Waals surface area contributed by atoms with E-state index in [1.165, 1.54) is 12.8 Å². The lowest BCUT2D eigenvalue weighted by atomic mass is 9.47. The van der Waals surface area contributed by atoms with Gasteiger partial charge in [0.25, 0.3) is 0 Å². The topological polar surface area (TPSA) is 57.5 Å². The summed E-state index contributed by atoms with van der Waals surface area (Å²) in [6.07, 6.45) is 7.62. The average Bonchev–Trinajstić information content (AvgIpc) is 2.76. The molecule has 3 heteroatoms. The summed E-state index contributed by atoms with van der Waals surface area (Å²) in [5.41, 5.74) is 1.25. The SMILES string of the molecule is C[C@]12CC[C@H]3[C@@H](C[C@@H](O)C4=CC(=O)CC[C@@]43C)[C@@H]1C[C@H](O)C2. The molecule has 0 unspecified atom stereocenters. The standard InChI is InChI=1S/C19H28O3/c1-18-5-4-14-13(15(18)8-12(21)10-18)9-17(22)16-7-11(20)3-6-19(14,16)2/h7,12-15,17,21-22H,3-6,8-10H2,1-2H3/t12-,13+,14-,15-,17+,18+,19+/m0/s1. The van der Waals surface area contributed by atoms with Gasteiger partial charge in [-0.05, 0) is 78.8 Å². The molecule has 4 rings (SSSR count). The summed E-state index contributed by atoms with van der Waals surface area (Å²) >= 11 is 0. The van der Waals surface area contributed by atoms with Gasteiger partial charge in [0.1, 0.15) is 0 Å². The van der Waals surface area contributed by atoms with E-state index in [9.17, 15) is 15.0 Å². The van der Waals surface area contributed by atoms with Gasteiger partial charge in [0.2, 0.25) is 0 Å². The van der Waals surface area contributed by atoms with Crippen molar-refractivity contribution in [1.29, 1.82) is 0 Å². The fourth-order valence-electron chi connectivity index (χ4n) is 6.63. The molecule has 0 aromatic rings. The van der Waals surface area contributed by atoms with Gasteiger partial charge < -0.3 is 10.2 Å². The van der Waals surface area contributed by atoms with Gasteiger partial charge in [-0.1, -0.05) is 13.8 Å². The molecule has 0 spiro atoms. The number of fused-ring (bicyclic) bond motifs is 5. The number of aliphatic hydroxyl groups excluding tert-OH is 2. The lowest BCUT2D eigenvalue weighted by molar-refractivity contribution is -0.118. The monoisotopic (exact) mass is 304 g/mol. The Morgan fingerprint density at radius 2 is 1.91 bits per heavy atom. The van der Waals surface area contributed by atoms with E-state index in [2.05, 4.69) is 13.8 Å². The average molecular weight is 304 g/mol. The van der Waals surface area contributed by atoms with Crippen molar-refractivity contribution in [3.05, 3.63) is 11.6 Å². The quantitative estimate of drug-likeness (QED) is 0.723. The smallest absolute Gasteiger partial charge is 0.155 e. The second kappa shape index (κ2) is 4.67. The highest BCUT2D eigenvalue weighted by Crippen LogP contribution is 2.65. The maximum atomic E-state index is 11.8. The Bertz CT molecular complexity index is 539. The Morgan fingerprint density at radius 3 is 2.68 bits per heavy atom. The predicted molar refractivity (Wildman–Crippen MR) is 84.1 cm³/mol. The molecule has 0 aliphatic heterocycles. The van der Waals surface area contributed by atoms with Crippen molar-refractivity contribution in [3.8, 4) is 0 Å². The fraction of sp³-hybridized carbons (Fsp3) is 0.842. The van der Waals surface area contributed by atoms with Crippen LogP contribution in [-0.2, 0) is 4.79 Å². The highest BCUT2D eigenvalue weighted by Gasteiger charge is 2.59. The maximum Gasteiger partial charge on any atom is 0.155 e. The summed E-state index contributed by atoms with van der Waals surface area (Å²) in [4.78, 5) is 11.8. The Kier molecular flexibility index (Phi) is 3.16. The van der Waals surface area contributed by atoms with E-state index in [4.69, 9.17) is 0 Å². The summed E-state index contributed by atoms with van der Waals surface area (Å²) in [5, 5.41) is 20.9. The Labute approximate surface area is 132 Å². The summed E-state index contributed by atoms with van der Waals surface area (Å²) in [5.74, 6) is 1.79. The zero-order chi connectivity index (χ0) is 15.7. The van der Waals surface area contributed by atoms with Crippen LogP contribution in [-0.4, -0.2) is 28.2 Å². The molecule has 2 N–H and O–H groups in total. The van der Waals surface area contributed by atoms with Gasteiger partial charge in [-0.25, -0.2) is 0 Å². The summed E-state index contributed by atoms with van der Waals surface area (Å²) in [6, 6.07) is 0. The van der Waals surface area contributed by atoms with Gasteiger partial charge in [-0.3, -0.25) is 4.79 Å². The third kappa shape index (κ3) is 1.91. The molecule has 4 aliphatic carbocycles. The maximum absolute atomic E-state index is 11.8. The van der Waals surface area contributed by atoms with Crippen molar-refractivity contribution in [1.82, 2.24) is 0 Å². The zero-order valence-corrected chi connectivity index (χ0v) is 13.7. The van der Waals surface area contributed by atoms with Crippen LogP contribution in [0.4, 0.5) is 0 Å². The van der Waals surface area contributed by atoms with Crippen LogP contribution in [0.2, 0.25) is 0 Å². The highest BCUT2D eigenvalue weighted by molar-refractivity contribution is 5.91. The molecular weight excluding hydrogens is 276 g/mol. The molecule has 0 bridgehead atoms. The first-order valence-corrected chi connectivity index (χ1v) is 8.94. The normalized spacial score (nSPS) is 54.3. The molecule has 22 heavy (non-hydrogen) atoms. The molecule has 0 amide bonds. The van der Waals surface area contributed by atoms with Crippen molar-refractivity contribution < 1.29 is 15.0 Å². The van der Waals surface area contributed by atoms with Crippen molar-refractivity contribution >= 4 is 5.78 Å². The first kappa shape index (κ1) is 14.9. The van der Waals surface area contributed by atoms with E-state index in [0.717, 1.165) is 31.3 Å². The van der Waals surface area contributed by atoms with Crippen LogP contribution in [0.3, 0.4) is 0 Å². The Balaban J connectivity index is 1.72. The van der Waals surface area contributed by atoms with Crippen LogP contribution in [0.25, 0.3) is 0 Å². The van der Waals surface area contributed by atoms with E-state index in [1.807, 2.05) is 0 Å². The molecule has 0 aromatic carbocycles. The second-order valence-corrected chi connectivity index (χ2v) is 8.90. The first-order chi connectivity index (χ1) is 10.3. The van der Waals surface area contributed by atoms with Crippen LogP contribution in [0.1, 0.15) is 58.8 Å². The van der Waals surface area contributed by atoms with E-state index < -0.39 is 6.10 Å². The number of carbonyl (C=O) groups is 1. The lowest BCUT2D eigenvalue weighted by Crippen LogP contribution is -2.53. The number of hydrogen-bond donors (Lipinski definition) is 2. The fourth-order valence-corrected chi connectivity index (χ4v) is 6.63. The summed E-state index contributed by atoms with van der Waals surface area (Å²) in [6.45, 7) is 4.62. The molecule has 0 saturated heterocycles. The summed E-state index contributed by atoms with van der Waals surface area (Å²) < 4.78 is 0. The van der Waals surface area contributed by atoms with E-state index in [-0.39, 0.29) is 22.7 Å². The molecule has 0 heterocycles. The molecule has 3 nitrogen and oxygen atoms in total. The van der Waals surface area contributed by atoms with Gasteiger partial charge in [0.15, 0.2) is 5.78 Å². The molecule has 3 fully saturated rings. The largest absolute Gasteiger partial charge is 0.393 e. The molecule has 4 aliphatic rings. The van der Waals surface area contributed by atoms with E-state index >= 15 is 0 Å². The van der Waals surface area contributed by atoms with Crippen LogP contribution < -0.4 is 0 Å². The highest BCUT2D eigenvalue weighted by atomic mass is 16.3. The molecule has 3 saturated carbocycles. The number of aliphatic hydroxyl groups is 2. The third-order valence-corrected chi connectivity index (χ3v) is 7.72. The van der Waals surface area contributed by atoms with E-state index in [0.29, 0.717) is 24.2 Å².